The van der Waals surface area contributed by atoms with Gasteiger partial charge in [-0.25, -0.2) is 0 Å². The van der Waals surface area contributed by atoms with Crippen LogP contribution in [0, 0.1) is 5.92 Å². The fourth-order valence-electron chi connectivity index (χ4n) is 1.17. The molecule has 72 valence electrons. The van der Waals surface area contributed by atoms with Crippen molar-refractivity contribution < 1.29 is 27.6 Å². The molecule has 0 aromatic carbocycles. The van der Waals surface area contributed by atoms with Gasteiger partial charge in [0.1, 0.15) is 5.92 Å². The van der Waals surface area contributed by atoms with Crippen LogP contribution in [0.4, 0.5) is 13.2 Å². The summed E-state index contributed by atoms with van der Waals surface area (Å²) in [6.07, 6.45) is -5.61. The highest BCUT2D eigenvalue weighted by molar-refractivity contribution is 6.24. The maximum atomic E-state index is 11.8. The second-order valence-corrected chi connectivity index (χ2v) is 2.73. The average Bonchev–Trinajstić information content (AvgIpc) is 2.28. The van der Waals surface area contributed by atoms with Gasteiger partial charge in [0, 0.05) is 12.8 Å². The molecule has 0 spiro atoms. The Labute approximate surface area is 70.9 Å². The number of carbonyl (C=O) groups excluding carboxylic acids is 3. The van der Waals surface area contributed by atoms with Gasteiger partial charge in [0.25, 0.3) is 5.78 Å². The molecule has 1 aliphatic carbocycles. The molecule has 0 saturated heterocycles. The predicted molar refractivity (Wildman–Crippen MR) is 33.8 cm³/mol. The first kappa shape index (κ1) is 9.88. The zero-order valence-electron chi connectivity index (χ0n) is 6.35. The van der Waals surface area contributed by atoms with Crippen molar-refractivity contribution in [2.24, 2.45) is 5.92 Å². The van der Waals surface area contributed by atoms with E-state index in [2.05, 4.69) is 0 Å². The Kier molecular flexibility index (Phi) is 2.23. The maximum absolute atomic E-state index is 11.8. The van der Waals surface area contributed by atoms with Crippen LogP contribution in [0.3, 0.4) is 0 Å². The van der Waals surface area contributed by atoms with Gasteiger partial charge in [-0.3, -0.25) is 14.4 Å². The van der Waals surface area contributed by atoms with Crippen LogP contribution in [0.2, 0.25) is 0 Å². The molecule has 1 saturated carbocycles. The minimum atomic E-state index is -5.10. The standard InChI is InChI=1S/C7H5F3O3/c8-7(9,10)6(13)5-3(11)1-2-4(5)12/h5H,1-2H2. The zero-order chi connectivity index (χ0) is 10.2. The van der Waals surface area contributed by atoms with Crippen molar-refractivity contribution >= 4 is 17.3 Å². The quantitative estimate of drug-likeness (QED) is 0.576. The predicted octanol–water partition coefficient (Wildman–Crippen LogP) is 0.666. The maximum Gasteiger partial charge on any atom is 0.451 e. The first-order chi connectivity index (χ1) is 5.84. The fourth-order valence-corrected chi connectivity index (χ4v) is 1.17. The third-order valence-corrected chi connectivity index (χ3v) is 1.80. The molecule has 0 unspecified atom stereocenters. The molecule has 1 rings (SSSR count). The highest BCUT2D eigenvalue weighted by atomic mass is 19.4. The molecule has 0 aliphatic heterocycles. The summed E-state index contributed by atoms with van der Waals surface area (Å²) in [5.41, 5.74) is 0. The molecule has 0 radical (unpaired) electrons. The van der Waals surface area contributed by atoms with E-state index >= 15 is 0 Å². The summed E-state index contributed by atoms with van der Waals surface area (Å²) >= 11 is 0. The molecular weight excluding hydrogens is 189 g/mol. The van der Waals surface area contributed by atoms with Gasteiger partial charge in [-0.05, 0) is 0 Å². The Morgan fingerprint density at radius 3 is 1.85 bits per heavy atom. The SMILES string of the molecule is O=C1CCC(=O)C1C(=O)C(F)(F)F. The van der Waals surface area contributed by atoms with E-state index in [9.17, 15) is 27.6 Å². The first-order valence-corrected chi connectivity index (χ1v) is 3.50. The van der Waals surface area contributed by atoms with Crippen molar-refractivity contribution in [2.75, 3.05) is 0 Å². The summed E-state index contributed by atoms with van der Waals surface area (Å²) in [4.78, 5) is 32.0. The summed E-state index contributed by atoms with van der Waals surface area (Å²) in [6, 6.07) is 0. The van der Waals surface area contributed by atoms with Gasteiger partial charge >= 0.3 is 6.18 Å². The average molecular weight is 194 g/mol. The lowest BCUT2D eigenvalue weighted by molar-refractivity contribution is -0.176. The first-order valence-electron chi connectivity index (χ1n) is 3.50. The lowest BCUT2D eigenvalue weighted by Gasteiger charge is -2.08. The fraction of sp³-hybridized carbons (Fsp3) is 0.571. The third-order valence-electron chi connectivity index (χ3n) is 1.80. The number of Topliss-reactive ketones (excluding diaryl/α,β-unsaturated/α-hetero) is 3. The second-order valence-electron chi connectivity index (χ2n) is 2.73. The highest BCUT2D eigenvalue weighted by Crippen LogP contribution is 2.27. The van der Waals surface area contributed by atoms with Gasteiger partial charge in [-0.2, -0.15) is 13.2 Å². The largest absolute Gasteiger partial charge is 0.451 e. The zero-order valence-corrected chi connectivity index (χ0v) is 6.35. The minimum absolute atomic E-state index is 0.259. The van der Waals surface area contributed by atoms with Crippen LogP contribution < -0.4 is 0 Å². The van der Waals surface area contributed by atoms with Crippen LogP contribution in [0.25, 0.3) is 0 Å². The summed E-state index contributed by atoms with van der Waals surface area (Å²) in [5, 5.41) is 0. The van der Waals surface area contributed by atoms with E-state index in [1.807, 2.05) is 0 Å². The molecule has 13 heavy (non-hydrogen) atoms. The summed E-state index contributed by atoms with van der Waals surface area (Å²) in [6.45, 7) is 0. The molecule has 0 N–H and O–H groups in total. The Bertz CT molecular complexity index is 263. The van der Waals surface area contributed by atoms with Crippen molar-refractivity contribution in [1.29, 1.82) is 0 Å². The number of hydrogen-bond acceptors (Lipinski definition) is 3. The van der Waals surface area contributed by atoms with Crippen molar-refractivity contribution in [2.45, 2.75) is 19.0 Å². The van der Waals surface area contributed by atoms with Crippen LogP contribution in [0.1, 0.15) is 12.8 Å². The second kappa shape index (κ2) is 2.93. The Balaban J connectivity index is 2.89. The van der Waals surface area contributed by atoms with E-state index in [-0.39, 0.29) is 12.8 Å². The Morgan fingerprint density at radius 1 is 1.15 bits per heavy atom. The summed E-state index contributed by atoms with van der Waals surface area (Å²) < 4.78 is 35.4. The number of ketones is 3. The van der Waals surface area contributed by atoms with E-state index < -0.39 is 29.4 Å². The van der Waals surface area contributed by atoms with Crippen molar-refractivity contribution in [1.82, 2.24) is 0 Å². The van der Waals surface area contributed by atoms with Gasteiger partial charge in [-0.15, -0.1) is 0 Å². The highest BCUT2D eigenvalue weighted by Gasteiger charge is 2.51. The van der Waals surface area contributed by atoms with Crippen molar-refractivity contribution in [3.63, 3.8) is 0 Å². The molecular formula is C7H5F3O3. The summed E-state index contributed by atoms with van der Waals surface area (Å²) in [5.74, 6) is -6.17. The molecule has 0 aromatic rings. The molecule has 0 aromatic heterocycles. The van der Waals surface area contributed by atoms with E-state index in [0.717, 1.165) is 0 Å². The van der Waals surface area contributed by atoms with Gasteiger partial charge in [0.2, 0.25) is 0 Å². The number of hydrogen-bond donors (Lipinski definition) is 0. The van der Waals surface area contributed by atoms with Gasteiger partial charge < -0.3 is 0 Å². The molecule has 0 amide bonds. The number of carbonyl (C=O) groups is 3. The summed E-state index contributed by atoms with van der Waals surface area (Å²) in [7, 11) is 0. The number of alkyl halides is 3. The van der Waals surface area contributed by atoms with Crippen LogP contribution in [0.5, 0.6) is 0 Å². The van der Waals surface area contributed by atoms with Crippen LogP contribution >= 0.6 is 0 Å². The van der Waals surface area contributed by atoms with Gasteiger partial charge in [0.15, 0.2) is 11.6 Å². The van der Waals surface area contributed by atoms with Gasteiger partial charge in [0.05, 0.1) is 0 Å². The van der Waals surface area contributed by atoms with Crippen LogP contribution in [-0.2, 0) is 14.4 Å². The number of rotatable bonds is 1. The van der Waals surface area contributed by atoms with Crippen molar-refractivity contribution in [3.05, 3.63) is 0 Å². The van der Waals surface area contributed by atoms with E-state index in [0.29, 0.717) is 0 Å². The Morgan fingerprint density at radius 2 is 1.54 bits per heavy atom. The van der Waals surface area contributed by atoms with Crippen LogP contribution in [0.15, 0.2) is 0 Å². The minimum Gasteiger partial charge on any atom is -0.298 e. The molecule has 0 bridgehead atoms. The van der Waals surface area contributed by atoms with Crippen molar-refractivity contribution in [3.8, 4) is 0 Å². The van der Waals surface area contributed by atoms with Gasteiger partial charge in [-0.1, -0.05) is 0 Å². The van der Waals surface area contributed by atoms with E-state index in [4.69, 9.17) is 0 Å². The molecule has 6 heteroatoms. The molecule has 1 fully saturated rings. The molecule has 0 heterocycles. The lowest BCUT2D eigenvalue weighted by atomic mass is 10.0. The lowest BCUT2D eigenvalue weighted by Crippen LogP contribution is -2.36. The topological polar surface area (TPSA) is 51.2 Å². The smallest absolute Gasteiger partial charge is 0.298 e. The number of halogens is 3. The van der Waals surface area contributed by atoms with E-state index in [1.165, 1.54) is 0 Å². The Hall–Kier alpha value is -1.20. The monoisotopic (exact) mass is 194 g/mol. The van der Waals surface area contributed by atoms with E-state index in [1.54, 1.807) is 0 Å². The third kappa shape index (κ3) is 1.76. The molecule has 1 aliphatic rings. The molecule has 0 atom stereocenters. The van der Waals surface area contributed by atoms with Crippen LogP contribution in [-0.4, -0.2) is 23.5 Å². The molecule has 3 nitrogen and oxygen atoms in total. The normalized spacial score (nSPS) is 19.6.